The van der Waals surface area contributed by atoms with E-state index >= 15 is 0 Å². The number of aromatic nitrogens is 1. The summed E-state index contributed by atoms with van der Waals surface area (Å²) in [4.78, 5) is 28.6. The minimum absolute atomic E-state index is 0. The van der Waals surface area contributed by atoms with E-state index in [4.69, 9.17) is 10.8 Å². The van der Waals surface area contributed by atoms with Crippen LogP contribution in [0.15, 0.2) is 35.7 Å². The second kappa shape index (κ2) is 6.42. The number of aromatic carboxylic acids is 1. The van der Waals surface area contributed by atoms with Gasteiger partial charge in [-0.3, -0.25) is 4.79 Å². The summed E-state index contributed by atoms with van der Waals surface area (Å²) in [5.74, 6) is -0.937. The average Bonchev–Trinajstić information content (AvgIpc) is 3.13. The van der Waals surface area contributed by atoms with E-state index in [0.717, 1.165) is 5.56 Å². The molecule has 0 unspecified atom stereocenters. The van der Waals surface area contributed by atoms with E-state index in [1.165, 1.54) is 34.8 Å². The van der Waals surface area contributed by atoms with Crippen LogP contribution in [-0.4, -0.2) is 21.8 Å². The molecule has 0 atom stereocenters. The molecule has 6 nitrogen and oxygen atoms in total. The Labute approximate surface area is 147 Å². The number of anilines is 3. The van der Waals surface area contributed by atoms with E-state index in [0.29, 0.717) is 20.6 Å². The number of benzene rings is 1. The van der Waals surface area contributed by atoms with Gasteiger partial charge < -0.3 is 16.2 Å². The van der Waals surface area contributed by atoms with Crippen LogP contribution < -0.4 is 11.1 Å². The van der Waals surface area contributed by atoms with Gasteiger partial charge >= 0.3 is 5.97 Å². The zero-order chi connectivity index (χ0) is 17.3. The van der Waals surface area contributed by atoms with Crippen LogP contribution in [0.5, 0.6) is 0 Å². The second-order valence-corrected chi connectivity index (χ2v) is 6.92. The van der Waals surface area contributed by atoms with Crippen molar-refractivity contribution in [3.8, 4) is 0 Å². The van der Waals surface area contributed by atoms with E-state index in [9.17, 15) is 9.59 Å². The van der Waals surface area contributed by atoms with Gasteiger partial charge in [-0.1, -0.05) is 11.3 Å². The standard InChI is InChI=1S/C16H13N3O3S2.H2/c1-8-6-7-23-12(8)11(20)13-14(17)19-16(24-13)18-10-4-2-9(3-5-10)15(21)22;/h2-7H,17H2,1H3,(H,18,19)(H,21,22);1H. The number of hydrogen-bond donors (Lipinski definition) is 3. The van der Waals surface area contributed by atoms with Crippen LogP contribution in [0.25, 0.3) is 0 Å². The van der Waals surface area contributed by atoms with Crippen molar-refractivity contribution in [3.05, 3.63) is 56.6 Å². The van der Waals surface area contributed by atoms with Crippen molar-refractivity contribution in [2.75, 3.05) is 11.1 Å². The first-order valence-electron chi connectivity index (χ1n) is 6.91. The number of nitrogen functional groups attached to an aromatic ring is 1. The van der Waals surface area contributed by atoms with Crippen LogP contribution in [0.4, 0.5) is 16.6 Å². The molecule has 0 radical (unpaired) electrons. The molecule has 1 aromatic carbocycles. The number of nitrogens with two attached hydrogens (primary N) is 1. The summed E-state index contributed by atoms with van der Waals surface area (Å²) < 4.78 is 0. The van der Waals surface area contributed by atoms with E-state index in [1.807, 2.05) is 18.4 Å². The lowest BCUT2D eigenvalue weighted by Gasteiger charge is -2.02. The van der Waals surface area contributed by atoms with Gasteiger partial charge in [0, 0.05) is 7.11 Å². The molecule has 3 rings (SSSR count). The molecule has 0 fully saturated rings. The highest BCUT2D eigenvalue weighted by molar-refractivity contribution is 7.19. The zero-order valence-corrected chi connectivity index (χ0v) is 14.2. The summed E-state index contributed by atoms with van der Waals surface area (Å²) in [5, 5.41) is 14.3. The minimum atomic E-state index is -0.987. The molecular formula is C16H15N3O3S2. The van der Waals surface area contributed by atoms with Gasteiger partial charge in [0.25, 0.3) is 0 Å². The number of hydrogen-bond acceptors (Lipinski definition) is 7. The number of aryl methyl sites for hydroxylation is 1. The maximum atomic E-state index is 12.5. The fourth-order valence-electron chi connectivity index (χ4n) is 2.08. The molecule has 2 heterocycles. The topological polar surface area (TPSA) is 105 Å². The molecule has 0 spiro atoms. The number of rotatable bonds is 5. The number of carbonyl (C=O) groups is 2. The number of nitrogens with one attached hydrogen (secondary N) is 1. The highest BCUT2D eigenvalue weighted by atomic mass is 32.1. The first-order valence-corrected chi connectivity index (χ1v) is 8.61. The Morgan fingerprint density at radius 1 is 1.21 bits per heavy atom. The van der Waals surface area contributed by atoms with E-state index in [2.05, 4.69) is 10.3 Å². The van der Waals surface area contributed by atoms with Crippen molar-refractivity contribution in [1.82, 2.24) is 4.98 Å². The predicted octanol–water partition coefficient (Wildman–Crippen LogP) is 4.01. The molecule has 0 aliphatic rings. The zero-order valence-electron chi connectivity index (χ0n) is 12.6. The van der Waals surface area contributed by atoms with Gasteiger partial charge in [-0.25, -0.2) is 9.78 Å². The van der Waals surface area contributed by atoms with Crippen LogP contribution >= 0.6 is 22.7 Å². The van der Waals surface area contributed by atoms with Crippen molar-refractivity contribution in [2.45, 2.75) is 6.92 Å². The Morgan fingerprint density at radius 3 is 2.50 bits per heavy atom. The Hall–Kier alpha value is -2.71. The lowest BCUT2D eigenvalue weighted by molar-refractivity contribution is 0.0696. The number of nitrogens with zero attached hydrogens (tertiary/aromatic N) is 1. The monoisotopic (exact) mass is 361 g/mol. The lowest BCUT2D eigenvalue weighted by atomic mass is 10.2. The molecule has 0 saturated carbocycles. The molecule has 0 aliphatic heterocycles. The first-order chi connectivity index (χ1) is 11.5. The number of thiophene rings is 1. The first kappa shape index (κ1) is 16.2. The maximum Gasteiger partial charge on any atom is 0.335 e. The number of thiazole rings is 1. The van der Waals surface area contributed by atoms with Gasteiger partial charge in [-0.15, -0.1) is 11.3 Å². The molecule has 4 N–H and O–H groups in total. The highest BCUT2D eigenvalue weighted by Crippen LogP contribution is 2.31. The largest absolute Gasteiger partial charge is 0.478 e. The third kappa shape index (κ3) is 3.15. The fraction of sp³-hybridized carbons (Fsp3) is 0.0625. The highest BCUT2D eigenvalue weighted by Gasteiger charge is 2.20. The molecule has 124 valence electrons. The SMILES string of the molecule is Cc1ccsc1C(=O)c1sc(Nc2ccc(C(=O)O)cc2)nc1N.[HH]. The molecule has 2 aromatic heterocycles. The molecule has 0 bridgehead atoms. The van der Waals surface area contributed by atoms with Crippen LogP contribution in [0.1, 0.15) is 31.9 Å². The normalized spacial score (nSPS) is 10.5. The quantitative estimate of drug-likeness (QED) is 0.593. The minimum Gasteiger partial charge on any atom is -0.478 e. The Bertz CT molecular complexity index is 919. The number of carbonyl (C=O) groups excluding carboxylic acids is 1. The van der Waals surface area contributed by atoms with Crippen molar-refractivity contribution >= 4 is 51.1 Å². The summed E-state index contributed by atoms with van der Waals surface area (Å²) in [6, 6.07) is 8.13. The summed E-state index contributed by atoms with van der Waals surface area (Å²) in [6.45, 7) is 1.88. The molecule has 0 amide bonds. The molecule has 0 saturated heterocycles. The van der Waals surface area contributed by atoms with Crippen molar-refractivity contribution in [2.24, 2.45) is 0 Å². The number of carboxylic acids is 1. The smallest absolute Gasteiger partial charge is 0.335 e. The van der Waals surface area contributed by atoms with Gasteiger partial charge in [0.2, 0.25) is 5.78 Å². The van der Waals surface area contributed by atoms with Crippen LogP contribution in [0.3, 0.4) is 0 Å². The third-order valence-electron chi connectivity index (χ3n) is 3.31. The number of carboxylic acid groups (broad SMARTS) is 1. The van der Waals surface area contributed by atoms with Gasteiger partial charge in [-0.05, 0) is 48.2 Å². The molecule has 24 heavy (non-hydrogen) atoms. The van der Waals surface area contributed by atoms with Crippen LogP contribution in [-0.2, 0) is 0 Å². The van der Waals surface area contributed by atoms with Crippen molar-refractivity contribution < 1.29 is 16.1 Å². The molecule has 0 aliphatic carbocycles. The summed E-state index contributed by atoms with van der Waals surface area (Å²) >= 11 is 2.55. The second-order valence-electron chi connectivity index (χ2n) is 5.00. The van der Waals surface area contributed by atoms with Crippen molar-refractivity contribution in [3.63, 3.8) is 0 Å². The van der Waals surface area contributed by atoms with Gasteiger partial charge in [0.15, 0.2) is 5.13 Å². The van der Waals surface area contributed by atoms with Gasteiger partial charge in [0.05, 0.1) is 10.4 Å². The summed E-state index contributed by atoms with van der Waals surface area (Å²) in [7, 11) is 0. The Morgan fingerprint density at radius 2 is 1.92 bits per heavy atom. The Balaban J connectivity index is 0.00000225. The summed E-state index contributed by atoms with van der Waals surface area (Å²) in [6.07, 6.45) is 0. The van der Waals surface area contributed by atoms with E-state index in [-0.39, 0.29) is 18.6 Å². The fourth-order valence-corrected chi connectivity index (χ4v) is 3.86. The van der Waals surface area contributed by atoms with Crippen LogP contribution in [0, 0.1) is 6.92 Å². The predicted molar refractivity (Wildman–Crippen MR) is 97.8 cm³/mol. The van der Waals surface area contributed by atoms with Gasteiger partial charge in [0.1, 0.15) is 10.7 Å². The van der Waals surface area contributed by atoms with Gasteiger partial charge in [-0.2, -0.15) is 0 Å². The summed E-state index contributed by atoms with van der Waals surface area (Å²) in [5.41, 5.74) is 7.66. The lowest BCUT2D eigenvalue weighted by Crippen LogP contribution is -2.01. The van der Waals surface area contributed by atoms with Crippen LogP contribution in [0.2, 0.25) is 0 Å². The van der Waals surface area contributed by atoms with Crippen molar-refractivity contribution in [1.29, 1.82) is 0 Å². The van der Waals surface area contributed by atoms with E-state index < -0.39 is 5.97 Å². The average molecular weight is 361 g/mol. The molecule has 3 aromatic rings. The molecular weight excluding hydrogens is 346 g/mol. The molecule has 8 heteroatoms. The third-order valence-corrected chi connectivity index (χ3v) is 5.31. The van der Waals surface area contributed by atoms with E-state index in [1.54, 1.807) is 12.1 Å². The maximum absolute atomic E-state index is 12.5. The number of ketones is 1. The Kier molecular flexibility index (Phi) is 4.32.